The predicted octanol–water partition coefficient (Wildman–Crippen LogP) is 3.23. The van der Waals surface area contributed by atoms with E-state index in [9.17, 15) is 26.2 Å². The molecule has 4 rings (SSSR count). The molecule has 4 aromatic rings. The zero-order chi connectivity index (χ0) is 32.9. The molecule has 0 fully saturated rings. The fourth-order valence-electron chi connectivity index (χ4n) is 3.44. The van der Waals surface area contributed by atoms with Gasteiger partial charge in [-0.3, -0.25) is 9.35 Å². The number of nitrogens with zero attached hydrogens (tertiary/aromatic N) is 6. The van der Waals surface area contributed by atoms with E-state index in [0.717, 1.165) is 23.6 Å². The highest BCUT2D eigenvalue weighted by Crippen LogP contribution is 2.38. The van der Waals surface area contributed by atoms with Crippen LogP contribution in [0.25, 0.3) is 5.95 Å². The third kappa shape index (κ3) is 8.11. The first-order valence-electron chi connectivity index (χ1n) is 11.7. The molecule has 0 aliphatic heterocycles. The monoisotopic (exact) mass is 696 g/mol. The number of nitrogens with two attached hydrogens (primary N) is 2. The average Bonchev–Trinajstić information content (AvgIpc) is 2.99. The summed E-state index contributed by atoms with van der Waals surface area (Å²) in [6, 6.07) is 8.54. The number of benzene rings is 2. The Morgan fingerprint density at radius 2 is 1.84 bits per heavy atom. The summed E-state index contributed by atoms with van der Waals surface area (Å²) >= 11 is 6.49. The lowest BCUT2D eigenvalue weighted by atomic mass is 10.2. The van der Waals surface area contributed by atoms with E-state index in [1.807, 2.05) is 0 Å². The van der Waals surface area contributed by atoms with Crippen molar-refractivity contribution in [1.82, 2.24) is 15.0 Å². The summed E-state index contributed by atoms with van der Waals surface area (Å²) in [6.07, 6.45) is 2.83. The fraction of sp³-hybridized carbons (Fsp3) is 0. The van der Waals surface area contributed by atoms with Gasteiger partial charge in [0.1, 0.15) is 16.3 Å². The molecule has 18 nitrogen and oxygen atoms in total. The number of hydrogen-bond acceptors (Lipinski definition) is 16. The molecule has 0 radical (unpaired) electrons. The third-order valence-electron chi connectivity index (χ3n) is 5.46. The molecule has 0 spiro atoms. The van der Waals surface area contributed by atoms with Gasteiger partial charge in [-0.2, -0.15) is 13.4 Å². The van der Waals surface area contributed by atoms with E-state index in [1.165, 1.54) is 41.2 Å². The molecule has 0 saturated carbocycles. The Hall–Kier alpha value is -4.61. The number of sulfone groups is 1. The van der Waals surface area contributed by atoms with Crippen LogP contribution in [0.1, 0.15) is 10.4 Å². The van der Waals surface area contributed by atoms with E-state index in [1.54, 1.807) is 0 Å². The van der Waals surface area contributed by atoms with Gasteiger partial charge >= 0.3 is 17.2 Å². The summed E-state index contributed by atoms with van der Waals surface area (Å²) in [5.74, 6) is -1.03. The molecule has 0 saturated heterocycles. The minimum atomic E-state index is -4.83. The molecule has 0 atom stereocenters. The van der Waals surface area contributed by atoms with Crippen LogP contribution in [0.3, 0.4) is 0 Å². The fourth-order valence-corrected chi connectivity index (χ4v) is 5.50. The zero-order valence-electron chi connectivity index (χ0n) is 22.2. The molecule has 0 aliphatic carbocycles. The van der Waals surface area contributed by atoms with Crippen molar-refractivity contribution in [3.63, 3.8) is 0 Å². The number of hydrogen-bond donors (Lipinski definition) is 5. The lowest BCUT2D eigenvalue weighted by molar-refractivity contribution is -0.603. The average molecular weight is 697 g/mol. The van der Waals surface area contributed by atoms with Gasteiger partial charge < -0.3 is 16.8 Å². The second-order valence-corrected chi connectivity index (χ2v) is 12.7. The maximum Gasteiger partial charge on any atom is 0.444 e. The van der Waals surface area contributed by atoms with E-state index in [0.29, 0.717) is 12.0 Å². The maximum absolute atomic E-state index is 12.2. The third-order valence-corrected chi connectivity index (χ3v) is 8.53. The Balaban J connectivity index is 1.81. The van der Waals surface area contributed by atoms with Crippen LogP contribution in [0, 0.1) is 0 Å². The summed E-state index contributed by atoms with van der Waals surface area (Å²) in [4.78, 5) is 22.9. The zero-order valence-corrected chi connectivity index (χ0v) is 25.4. The number of rotatable bonds is 12. The molecule has 0 bridgehead atoms. The second kappa shape index (κ2) is 13.6. The molecule has 0 unspecified atom stereocenters. The molecular weight excluding hydrogens is 678 g/mol. The first kappa shape index (κ1) is 33.3. The predicted molar refractivity (Wildman–Crippen MR) is 157 cm³/mol. The van der Waals surface area contributed by atoms with Gasteiger partial charge in [0.2, 0.25) is 0 Å². The Morgan fingerprint density at radius 1 is 1.11 bits per heavy atom. The van der Waals surface area contributed by atoms with E-state index < -0.39 is 36.4 Å². The van der Waals surface area contributed by atoms with Crippen LogP contribution < -0.4 is 21.4 Å². The van der Waals surface area contributed by atoms with Gasteiger partial charge in [-0.05, 0) is 64.0 Å². The second-order valence-electron chi connectivity index (χ2n) is 8.37. The number of carbonyl (C=O) groups is 1. The van der Waals surface area contributed by atoms with Gasteiger partial charge in [0.15, 0.2) is 9.84 Å². The SMILES string of the molecule is C=CS(=O)(=O)c1ccc(N=Nc2cc(N)c(S(=O)(=O)O)cc2Nc2nc(Cl)nc(-[n+]3cccc(C(N)=O)c3)n2)c(SOOO)c1. The van der Waals surface area contributed by atoms with Crippen LogP contribution in [0.4, 0.5) is 28.7 Å². The number of azo groups is 1. The number of halogens is 1. The first-order valence-corrected chi connectivity index (χ1v) is 15.8. The van der Waals surface area contributed by atoms with Crippen molar-refractivity contribution in [2.45, 2.75) is 14.7 Å². The van der Waals surface area contributed by atoms with E-state index >= 15 is 0 Å². The van der Waals surface area contributed by atoms with Crippen LogP contribution in [0.5, 0.6) is 0 Å². The van der Waals surface area contributed by atoms with Crippen molar-refractivity contribution in [3.05, 3.63) is 77.7 Å². The van der Waals surface area contributed by atoms with Gasteiger partial charge in [0.25, 0.3) is 16.0 Å². The Kier molecular flexibility index (Phi) is 10.0. The molecule has 45 heavy (non-hydrogen) atoms. The maximum atomic E-state index is 12.2. The smallest absolute Gasteiger partial charge is 0.398 e. The highest BCUT2D eigenvalue weighted by molar-refractivity contribution is 7.95. The van der Waals surface area contributed by atoms with Crippen LogP contribution in [0.2, 0.25) is 5.28 Å². The Labute approximate surface area is 263 Å². The minimum absolute atomic E-state index is 0.000311. The lowest BCUT2D eigenvalue weighted by Crippen LogP contribution is -2.34. The summed E-state index contributed by atoms with van der Waals surface area (Å²) in [5.41, 5.74) is 10.6. The minimum Gasteiger partial charge on any atom is -0.398 e. The topological polar surface area (TPSA) is 276 Å². The highest BCUT2D eigenvalue weighted by Gasteiger charge is 2.22. The first-order chi connectivity index (χ1) is 21.2. The van der Waals surface area contributed by atoms with Gasteiger partial charge in [-0.25, -0.2) is 18.2 Å². The van der Waals surface area contributed by atoms with Crippen LogP contribution in [-0.2, 0) is 29.3 Å². The van der Waals surface area contributed by atoms with E-state index in [4.69, 9.17) is 28.3 Å². The summed E-state index contributed by atoms with van der Waals surface area (Å²) in [7, 11) is -8.70. The number of primary amides is 1. The van der Waals surface area contributed by atoms with Crippen molar-refractivity contribution in [2.24, 2.45) is 16.0 Å². The molecule has 1 amide bonds. The molecule has 2 heterocycles. The van der Waals surface area contributed by atoms with Crippen molar-refractivity contribution in [3.8, 4) is 5.95 Å². The van der Waals surface area contributed by atoms with Gasteiger partial charge in [-0.1, -0.05) is 11.6 Å². The number of pyridine rings is 1. The van der Waals surface area contributed by atoms with Gasteiger partial charge in [0, 0.05) is 5.41 Å². The molecular formula is C23H19ClN9O9S3+. The van der Waals surface area contributed by atoms with E-state index in [2.05, 4.69) is 46.4 Å². The molecule has 7 N–H and O–H groups in total. The molecule has 2 aromatic heterocycles. The molecule has 0 aliphatic rings. The summed E-state index contributed by atoms with van der Waals surface area (Å²) < 4.78 is 63.9. The van der Waals surface area contributed by atoms with Gasteiger partial charge in [-0.15, -0.1) is 14.6 Å². The van der Waals surface area contributed by atoms with Crippen molar-refractivity contribution in [1.29, 1.82) is 0 Å². The van der Waals surface area contributed by atoms with Crippen LogP contribution >= 0.6 is 23.6 Å². The number of nitrogens with one attached hydrogen (secondary N) is 1. The largest absolute Gasteiger partial charge is 0.444 e. The number of aromatic nitrogens is 4. The van der Waals surface area contributed by atoms with Crippen LogP contribution in [0.15, 0.2) is 91.8 Å². The normalized spacial score (nSPS) is 11.9. The standard InChI is InChI=1S/C23H18ClN9O9S3/c1-2-44(36,37)13-5-6-15(18(8-13)43-42-41-35)31-32-17-9-14(25)19(45(38,39)40)10-16(17)27-22-28-21(24)29-23(30-22)33-7-3-4-12(11-33)20(26)34/h2-11H,1H2,(H6-,25,26,27,28,29,30,31,32,34,35,38,39,40)/p+1. The number of anilines is 3. The van der Waals surface area contributed by atoms with Crippen molar-refractivity contribution in [2.75, 3.05) is 11.1 Å². The Bertz CT molecular complexity index is 2060. The van der Waals surface area contributed by atoms with E-state index in [-0.39, 0.29) is 49.6 Å². The molecule has 234 valence electrons. The number of amides is 1. The lowest BCUT2D eigenvalue weighted by Gasteiger charge is -2.10. The molecule has 2 aromatic carbocycles. The van der Waals surface area contributed by atoms with Gasteiger partial charge in [0.05, 0.1) is 51.2 Å². The van der Waals surface area contributed by atoms with Crippen LogP contribution in [-0.4, -0.2) is 47.5 Å². The summed E-state index contributed by atoms with van der Waals surface area (Å²) in [5, 5.41) is 23.4. The van der Waals surface area contributed by atoms with Crippen molar-refractivity contribution >= 4 is 78.2 Å². The Morgan fingerprint density at radius 3 is 2.51 bits per heavy atom. The molecule has 22 heteroatoms. The quantitative estimate of drug-likeness (QED) is 0.0270. The highest BCUT2D eigenvalue weighted by atomic mass is 35.5. The number of carbonyl (C=O) groups excluding carboxylic acids is 1. The van der Waals surface area contributed by atoms with Crippen molar-refractivity contribution < 1.29 is 45.4 Å². The summed E-state index contributed by atoms with van der Waals surface area (Å²) in [6.45, 7) is 3.26. The number of nitrogen functional groups attached to an aromatic ring is 1.